The van der Waals surface area contributed by atoms with Gasteiger partial charge in [-0.1, -0.05) is 0 Å². The van der Waals surface area contributed by atoms with Crippen molar-refractivity contribution in [1.29, 1.82) is 0 Å². The molecular formula is C9H16N2O3S. The monoisotopic (exact) mass is 232 g/mol. The van der Waals surface area contributed by atoms with Crippen LogP contribution in [-0.2, 0) is 16.8 Å². The Hall–Kier alpha value is -0.850. The van der Waals surface area contributed by atoms with Crippen molar-refractivity contribution in [3.63, 3.8) is 0 Å². The summed E-state index contributed by atoms with van der Waals surface area (Å²) in [5, 5.41) is 0. The van der Waals surface area contributed by atoms with Crippen molar-refractivity contribution in [1.82, 2.24) is 9.03 Å². The summed E-state index contributed by atoms with van der Waals surface area (Å²) in [5.74, 6) is 0.593. The third-order valence-electron chi connectivity index (χ3n) is 2.12. The van der Waals surface area contributed by atoms with E-state index in [1.807, 2.05) is 13.8 Å². The Kier molecular flexibility index (Phi) is 3.90. The van der Waals surface area contributed by atoms with Crippen LogP contribution in [0.2, 0.25) is 0 Å². The Morgan fingerprint density at radius 2 is 2.20 bits per heavy atom. The Labute approximate surface area is 90.3 Å². The van der Waals surface area contributed by atoms with Gasteiger partial charge in [-0.05, 0) is 26.0 Å². The van der Waals surface area contributed by atoms with Crippen LogP contribution in [0.3, 0.4) is 0 Å². The molecule has 1 N–H and O–H groups in total. The maximum atomic E-state index is 11.6. The zero-order valence-electron chi connectivity index (χ0n) is 9.10. The predicted octanol–water partition coefficient (Wildman–Crippen LogP) is 0.954. The minimum absolute atomic E-state index is 0.0703. The zero-order chi connectivity index (χ0) is 11.5. The fourth-order valence-corrected chi connectivity index (χ4v) is 2.04. The van der Waals surface area contributed by atoms with Crippen LogP contribution in [0.1, 0.15) is 19.6 Å². The van der Waals surface area contributed by atoms with E-state index in [4.69, 9.17) is 4.42 Å². The van der Waals surface area contributed by atoms with Gasteiger partial charge in [0.05, 0.1) is 12.8 Å². The van der Waals surface area contributed by atoms with E-state index < -0.39 is 10.2 Å². The summed E-state index contributed by atoms with van der Waals surface area (Å²) < 4.78 is 32.0. The van der Waals surface area contributed by atoms with Crippen LogP contribution in [0.15, 0.2) is 22.8 Å². The van der Waals surface area contributed by atoms with Gasteiger partial charge in [-0.3, -0.25) is 0 Å². The molecule has 0 unspecified atom stereocenters. The van der Waals surface area contributed by atoms with Crippen LogP contribution in [0.4, 0.5) is 0 Å². The minimum Gasteiger partial charge on any atom is -0.468 e. The summed E-state index contributed by atoms with van der Waals surface area (Å²) >= 11 is 0. The summed E-state index contributed by atoms with van der Waals surface area (Å²) in [6, 6.07) is 3.37. The van der Waals surface area contributed by atoms with Gasteiger partial charge in [0, 0.05) is 13.1 Å². The van der Waals surface area contributed by atoms with E-state index in [0.29, 0.717) is 5.76 Å². The van der Waals surface area contributed by atoms with E-state index in [2.05, 4.69) is 4.72 Å². The highest BCUT2D eigenvalue weighted by Gasteiger charge is 2.19. The van der Waals surface area contributed by atoms with Gasteiger partial charge in [0.15, 0.2) is 0 Å². The number of furan rings is 1. The number of hydrogen-bond acceptors (Lipinski definition) is 3. The SMILES string of the molecule is CC(C)N(C)S(=O)(=O)NCc1ccco1. The average Bonchev–Trinajstić information content (AvgIpc) is 2.66. The minimum atomic E-state index is -3.41. The second-order valence-electron chi connectivity index (χ2n) is 3.52. The summed E-state index contributed by atoms with van der Waals surface area (Å²) in [4.78, 5) is 0. The topological polar surface area (TPSA) is 62.6 Å². The van der Waals surface area contributed by atoms with Gasteiger partial charge in [-0.15, -0.1) is 0 Å². The third kappa shape index (κ3) is 3.33. The van der Waals surface area contributed by atoms with Crippen LogP contribution >= 0.6 is 0 Å². The molecule has 86 valence electrons. The molecule has 0 bridgehead atoms. The number of hydrogen-bond donors (Lipinski definition) is 1. The van der Waals surface area contributed by atoms with Crippen molar-refractivity contribution >= 4 is 10.2 Å². The largest absolute Gasteiger partial charge is 0.468 e. The molecule has 6 heteroatoms. The highest BCUT2D eigenvalue weighted by Crippen LogP contribution is 2.04. The van der Waals surface area contributed by atoms with E-state index in [1.165, 1.54) is 17.6 Å². The molecule has 0 radical (unpaired) electrons. The zero-order valence-corrected chi connectivity index (χ0v) is 9.91. The van der Waals surface area contributed by atoms with Crippen LogP contribution in [0.5, 0.6) is 0 Å². The fraction of sp³-hybridized carbons (Fsp3) is 0.556. The van der Waals surface area contributed by atoms with E-state index in [0.717, 1.165) is 0 Å². The van der Waals surface area contributed by atoms with Crippen LogP contribution in [0.25, 0.3) is 0 Å². The number of nitrogens with zero attached hydrogens (tertiary/aromatic N) is 1. The Morgan fingerprint density at radius 3 is 2.67 bits per heavy atom. The van der Waals surface area contributed by atoms with E-state index in [9.17, 15) is 8.42 Å². The normalized spacial score (nSPS) is 12.6. The van der Waals surface area contributed by atoms with Gasteiger partial charge in [-0.2, -0.15) is 17.4 Å². The Balaban J connectivity index is 2.58. The lowest BCUT2D eigenvalue weighted by atomic mass is 10.4. The van der Waals surface area contributed by atoms with E-state index in [-0.39, 0.29) is 12.6 Å². The van der Waals surface area contributed by atoms with Crippen molar-refractivity contribution in [3.8, 4) is 0 Å². The van der Waals surface area contributed by atoms with Crippen molar-refractivity contribution in [2.45, 2.75) is 26.4 Å². The molecule has 5 nitrogen and oxygen atoms in total. The second kappa shape index (κ2) is 4.78. The van der Waals surface area contributed by atoms with Gasteiger partial charge < -0.3 is 4.42 Å². The molecule has 0 atom stereocenters. The van der Waals surface area contributed by atoms with Crippen molar-refractivity contribution < 1.29 is 12.8 Å². The lowest BCUT2D eigenvalue weighted by Gasteiger charge is -2.20. The fourth-order valence-electron chi connectivity index (χ4n) is 0.955. The molecule has 1 aromatic heterocycles. The quantitative estimate of drug-likeness (QED) is 0.822. The van der Waals surface area contributed by atoms with Crippen molar-refractivity contribution in [3.05, 3.63) is 24.2 Å². The van der Waals surface area contributed by atoms with Crippen LogP contribution in [-0.4, -0.2) is 25.8 Å². The molecule has 0 amide bonds. The smallest absolute Gasteiger partial charge is 0.279 e. The number of nitrogens with one attached hydrogen (secondary N) is 1. The first kappa shape index (κ1) is 12.2. The first-order chi connectivity index (χ1) is 6.93. The summed E-state index contributed by atoms with van der Waals surface area (Å²) in [5.41, 5.74) is 0. The lowest BCUT2D eigenvalue weighted by Crippen LogP contribution is -2.41. The first-order valence-electron chi connectivity index (χ1n) is 4.68. The molecule has 0 aliphatic rings. The van der Waals surface area contributed by atoms with Gasteiger partial charge in [-0.25, -0.2) is 0 Å². The van der Waals surface area contributed by atoms with Gasteiger partial charge in [0.2, 0.25) is 0 Å². The van der Waals surface area contributed by atoms with Crippen molar-refractivity contribution in [2.75, 3.05) is 7.05 Å². The summed E-state index contributed by atoms with van der Waals surface area (Å²) in [7, 11) is -1.88. The standard InChI is InChI=1S/C9H16N2O3S/c1-8(2)11(3)15(12,13)10-7-9-5-4-6-14-9/h4-6,8,10H,7H2,1-3H3. The molecule has 15 heavy (non-hydrogen) atoms. The predicted molar refractivity (Wildman–Crippen MR) is 57.4 cm³/mol. The molecule has 0 saturated heterocycles. The maximum absolute atomic E-state index is 11.6. The Morgan fingerprint density at radius 1 is 1.53 bits per heavy atom. The van der Waals surface area contributed by atoms with Gasteiger partial charge >= 0.3 is 0 Å². The molecule has 0 saturated carbocycles. The van der Waals surface area contributed by atoms with Crippen LogP contribution < -0.4 is 4.72 Å². The molecule has 0 aliphatic carbocycles. The molecule has 0 aliphatic heterocycles. The molecule has 1 heterocycles. The Bertz CT molecular complexity index is 383. The number of rotatable bonds is 5. The van der Waals surface area contributed by atoms with Crippen LogP contribution in [0, 0.1) is 0 Å². The van der Waals surface area contributed by atoms with Gasteiger partial charge in [0.1, 0.15) is 5.76 Å². The second-order valence-corrected chi connectivity index (χ2v) is 5.33. The van der Waals surface area contributed by atoms with Crippen molar-refractivity contribution in [2.24, 2.45) is 0 Å². The van der Waals surface area contributed by atoms with Gasteiger partial charge in [0.25, 0.3) is 10.2 Å². The maximum Gasteiger partial charge on any atom is 0.279 e. The van der Waals surface area contributed by atoms with E-state index >= 15 is 0 Å². The molecule has 0 fully saturated rings. The highest BCUT2D eigenvalue weighted by atomic mass is 32.2. The molecule has 0 aromatic carbocycles. The molecule has 0 spiro atoms. The summed E-state index contributed by atoms with van der Waals surface area (Å²) in [6.07, 6.45) is 1.51. The molecule has 1 rings (SSSR count). The van der Waals surface area contributed by atoms with E-state index in [1.54, 1.807) is 12.1 Å². The summed E-state index contributed by atoms with van der Waals surface area (Å²) in [6.45, 7) is 3.80. The average molecular weight is 232 g/mol. The molecule has 1 aromatic rings. The first-order valence-corrected chi connectivity index (χ1v) is 6.12. The molecular weight excluding hydrogens is 216 g/mol. The highest BCUT2D eigenvalue weighted by molar-refractivity contribution is 7.87. The lowest BCUT2D eigenvalue weighted by molar-refractivity contribution is 0.398. The third-order valence-corrected chi connectivity index (χ3v) is 3.80.